The number of hydrogen-bond acceptors (Lipinski definition) is 3. The second-order valence-corrected chi connectivity index (χ2v) is 5.33. The molecule has 0 aliphatic carbocycles. The molecule has 16 heavy (non-hydrogen) atoms. The molecule has 0 aromatic heterocycles. The number of allylic oxidation sites excluding steroid dienone is 2. The average molecular weight is 232 g/mol. The van der Waals surface area contributed by atoms with Crippen LogP contribution < -0.4 is 4.74 Å². The van der Waals surface area contributed by atoms with Crippen molar-refractivity contribution < 1.29 is 9.53 Å². The number of hydrogen-bond donors (Lipinski definition) is 0. The van der Waals surface area contributed by atoms with Crippen LogP contribution in [0.5, 0.6) is 5.75 Å². The fraction of sp³-hybridized carbons (Fsp3) is 0.308. The van der Waals surface area contributed by atoms with E-state index in [0.29, 0.717) is 0 Å². The summed E-state index contributed by atoms with van der Waals surface area (Å²) in [5.41, 5.74) is 1.16. The van der Waals surface area contributed by atoms with Crippen LogP contribution in [-0.2, 0) is 4.79 Å². The van der Waals surface area contributed by atoms with Gasteiger partial charge in [-0.25, -0.2) is 0 Å². The third-order valence-electron chi connectivity index (χ3n) is 3.13. The molecule has 1 saturated heterocycles. The van der Waals surface area contributed by atoms with Crippen molar-refractivity contribution in [3.63, 3.8) is 0 Å². The Morgan fingerprint density at radius 3 is 3.06 bits per heavy atom. The van der Waals surface area contributed by atoms with E-state index in [9.17, 15) is 4.79 Å². The van der Waals surface area contributed by atoms with E-state index in [1.165, 1.54) is 4.91 Å². The number of thioether (sulfide) groups is 1. The highest BCUT2D eigenvalue weighted by Crippen LogP contribution is 2.55. The molecule has 2 unspecified atom stereocenters. The molecule has 2 aliphatic rings. The van der Waals surface area contributed by atoms with Crippen molar-refractivity contribution in [2.24, 2.45) is 5.92 Å². The van der Waals surface area contributed by atoms with Crippen LogP contribution in [0.1, 0.15) is 24.2 Å². The van der Waals surface area contributed by atoms with Crippen molar-refractivity contribution in [2.75, 3.05) is 0 Å². The maximum Gasteiger partial charge on any atom is 0.316 e. The van der Waals surface area contributed by atoms with Crippen LogP contribution in [0.25, 0.3) is 0 Å². The van der Waals surface area contributed by atoms with Crippen LogP contribution >= 0.6 is 11.8 Å². The first kappa shape index (κ1) is 9.97. The predicted molar refractivity (Wildman–Crippen MR) is 64.3 cm³/mol. The zero-order valence-electron chi connectivity index (χ0n) is 8.97. The predicted octanol–water partition coefficient (Wildman–Crippen LogP) is 3.30. The summed E-state index contributed by atoms with van der Waals surface area (Å²) >= 11 is 1.80. The van der Waals surface area contributed by atoms with E-state index in [4.69, 9.17) is 4.74 Å². The van der Waals surface area contributed by atoms with E-state index >= 15 is 0 Å². The minimum Gasteiger partial charge on any atom is -0.426 e. The first-order valence-corrected chi connectivity index (χ1v) is 6.30. The van der Waals surface area contributed by atoms with Crippen LogP contribution in [0, 0.1) is 5.92 Å². The second kappa shape index (κ2) is 3.67. The molecule has 1 fully saturated rings. The number of benzene rings is 1. The number of rotatable bonds is 0. The third-order valence-corrected chi connectivity index (χ3v) is 4.67. The van der Waals surface area contributed by atoms with Crippen molar-refractivity contribution in [3.8, 4) is 5.75 Å². The van der Waals surface area contributed by atoms with E-state index in [0.717, 1.165) is 17.7 Å². The van der Waals surface area contributed by atoms with Crippen LogP contribution in [-0.4, -0.2) is 5.97 Å². The molecule has 1 aromatic carbocycles. The maximum absolute atomic E-state index is 11.8. The number of carbonyl (C=O) groups excluding carboxylic acids is 1. The lowest BCUT2D eigenvalue weighted by Gasteiger charge is -2.25. The number of ether oxygens (including phenoxy) is 1. The molecule has 0 N–H and O–H groups in total. The lowest BCUT2D eigenvalue weighted by Crippen LogP contribution is -2.27. The highest BCUT2D eigenvalue weighted by Gasteiger charge is 2.43. The Bertz CT molecular complexity index is 479. The van der Waals surface area contributed by atoms with Gasteiger partial charge in [0.15, 0.2) is 0 Å². The third kappa shape index (κ3) is 1.39. The fourth-order valence-corrected chi connectivity index (χ4v) is 3.71. The van der Waals surface area contributed by atoms with Gasteiger partial charge >= 0.3 is 5.97 Å². The van der Waals surface area contributed by atoms with E-state index in [1.807, 2.05) is 25.1 Å². The van der Waals surface area contributed by atoms with Crippen molar-refractivity contribution in [2.45, 2.75) is 18.6 Å². The zero-order chi connectivity index (χ0) is 11.1. The minimum absolute atomic E-state index is 0.00565. The Balaban J connectivity index is 2.07. The van der Waals surface area contributed by atoms with Gasteiger partial charge in [0.05, 0.1) is 11.2 Å². The first-order chi connectivity index (χ1) is 7.79. The largest absolute Gasteiger partial charge is 0.426 e. The molecule has 2 heterocycles. The molecule has 0 spiro atoms. The smallest absolute Gasteiger partial charge is 0.316 e. The Morgan fingerprint density at radius 2 is 2.25 bits per heavy atom. The molecule has 1 aromatic rings. The van der Waals surface area contributed by atoms with Gasteiger partial charge in [-0.1, -0.05) is 24.3 Å². The Labute approximate surface area is 98.7 Å². The summed E-state index contributed by atoms with van der Waals surface area (Å²) in [6, 6.07) is 7.84. The molecule has 0 bridgehead atoms. The highest BCUT2D eigenvalue weighted by molar-refractivity contribution is 8.03. The quantitative estimate of drug-likeness (QED) is 0.507. The lowest BCUT2D eigenvalue weighted by atomic mass is 9.93. The number of fused-ring (bicyclic) bond motifs is 3. The van der Waals surface area contributed by atoms with E-state index in [2.05, 4.69) is 12.1 Å². The molecule has 2 aliphatic heterocycles. The van der Waals surface area contributed by atoms with E-state index < -0.39 is 0 Å². The van der Waals surface area contributed by atoms with Crippen LogP contribution in [0.15, 0.2) is 35.2 Å². The van der Waals surface area contributed by atoms with Gasteiger partial charge in [0.2, 0.25) is 0 Å². The van der Waals surface area contributed by atoms with Crippen LogP contribution in [0.4, 0.5) is 0 Å². The summed E-state index contributed by atoms with van der Waals surface area (Å²) in [7, 11) is 0. The van der Waals surface area contributed by atoms with Crippen LogP contribution in [0.2, 0.25) is 0 Å². The molecule has 82 valence electrons. The first-order valence-electron chi connectivity index (χ1n) is 5.42. The number of esters is 1. The lowest BCUT2D eigenvalue weighted by molar-refractivity contribution is -0.139. The van der Waals surface area contributed by atoms with Gasteiger partial charge in [0.1, 0.15) is 5.75 Å². The fourth-order valence-electron chi connectivity index (χ4n) is 2.28. The highest BCUT2D eigenvalue weighted by atomic mass is 32.2. The Hall–Kier alpha value is -1.22. The summed E-state index contributed by atoms with van der Waals surface area (Å²) in [5, 5.41) is 0.253. The normalized spacial score (nSPS) is 29.8. The van der Waals surface area contributed by atoms with Crippen molar-refractivity contribution in [3.05, 3.63) is 40.8 Å². The summed E-state index contributed by atoms with van der Waals surface area (Å²) < 4.78 is 5.36. The van der Waals surface area contributed by atoms with Gasteiger partial charge in [-0.3, -0.25) is 4.79 Å². The Morgan fingerprint density at radius 1 is 1.44 bits per heavy atom. The number of para-hydroxylation sites is 1. The van der Waals surface area contributed by atoms with Crippen molar-refractivity contribution >= 4 is 17.7 Å². The summed E-state index contributed by atoms with van der Waals surface area (Å²) in [5.74, 6) is 0.665. The van der Waals surface area contributed by atoms with Gasteiger partial charge in [-0.15, -0.1) is 11.8 Å². The van der Waals surface area contributed by atoms with Gasteiger partial charge in [0, 0.05) is 5.56 Å². The van der Waals surface area contributed by atoms with Gasteiger partial charge in [-0.05, 0) is 24.3 Å². The molecule has 0 amide bonds. The van der Waals surface area contributed by atoms with E-state index in [1.54, 1.807) is 11.8 Å². The molecule has 3 heteroatoms. The number of carbonyl (C=O) groups is 1. The topological polar surface area (TPSA) is 26.3 Å². The molecule has 2 nitrogen and oxygen atoms in total. The summed E-state index contributed by atoms with van der Waals surface area (Å²) in [4.78, 5) is 13.1. The van der Waals surface area contributed by atoms with Gasteiger partial charge in [0.25, 0.3) is 0 Å². The molecule has 2 atom stereocenters. The molecule has 3 rings (SSSR count). The molecule has 0 saturated carbocycles. The molecular formula is C13H12O2S. The van der Waals surface area contributed by atoms with E-state index in [-0.39, 0.29) is 17.1 Å². The second-order valence-electron chi connectivity index (χ2n) is 4.06. The van der Waals surface area contributed by atoms with Gasteiger partial charge in [-0.2, -0.15) is 0 Å². The maximum atomic E-state index is 11.8. The van der Waals surface area contributed by atoms with Crippen LogP contribution in [0.3, 0.4) is 0 Å². The summed E-state index contributed by atoms with van der Waals surface area (Å²) in [6.07, 6.45) is 2.93. The monoisotopic (exact) mass is 232 g/mol. The summed E-state index contributed by atoms with van der Waals surface area (Å²) in [6.45, 7) is 2.02. The van der Waals surface area contributed by atoms with Crippen molar-refractivity contribution in [1.82, 2.24) is 0 Å². The molecule has 0 radical (unpaired) electrons. The average Bonchev–Trinajstić information content (AvgIpc) is 2.74. The molecular weight excluding hydrogens is 220 g/mol. The van der Waals surface area contributed by atoms with Crippen molar-refractivity contribution in [1.29, 1.82) is 0 Å². The SMILES string of the molecule is C/C=C1\CC2C(=O)Oc3ccccc3C2S1. The minimum atomic E-state index is -0.0759. The Kier molecular flexibility index (Phi) is 2.28. The van der Waals surface area contributed by atoms with Gasteiger partial charge < -0.3 is 4.74 Å². The zero-order valence-corrected chi connectivity index (χ0v) is 9.79. The standard InChI is InChI=1S/C13H12O2S/c1-2-8-7-10-12(16-8)9-5-3-4-6-11(9)15-13(10)14/h2-6,10,12H,7H2,1H3/b8-2+.